The highest BCUT2D eigenvalue weighted by Gasteiger charge is 2.33. The number of carbonyl (C=O) groups is 1. The Labute approximate surface area is 170 Å². The second-order valence-electron chi connectivity index (χ2n) is 6.77. The summed E-state index contributed by atoms with van der Waals surface area (Å²) in [4.78, 5) is 12.7. The first-order valence-corrected chi connectivity index (χ1v) is 10.7. The zero-order chi connectivity index (χ0) is 20.9. The molecule has 1 amide bonds. The van der Waals surface area contributed by atoms with Gasteiger partial charge in [-0.15, -0.1) is 0 Å². The summed E-state index contributed by atoms with van der Waals surface area (Å²) in [5, 5.41) is 2.83. The van der Waals surface area contributed by atoms with Gasteiger partial charge in [-0.1, -0.05) is 12.7 Å². The maximum atomic E-state index is 13.1. The second kappa shape index (κ2) is 9.19. The van der Waals surface area contributed by atoms with Crippen molar-refractivity contribution in [2.75, 3.05) is 25.0 Å². The van der Waals surface area contributed by atoms with Gasteiger partial charge < -0.3 is 10.1 Å². The number of carbonyl (C=O) groups excluding carboxylic acids is 1. The van der Waals surface area contributed by atoms with E-state index in [1.165, 1.54) is 16.4 Å². The number of anilines is 1. The second-order valence-corrected chi connectivity index (χ2v) is 8.71. The van der Waals surface area contributed by atoms with Crippen LogP contribution in [0, 0.1) is 11.7 Å². The summed E-state index contributed by atoms with van der Waals surface area (Å²) in [5.41, 5.74) is 0.611. The zero-order valence-electron chi connectivity index (χ0n) is 15.9. The molecule has 1 N–H and O–H groups in total. The minimum absolute atomic E-state index is 0.0232. The lowest BCUT2D eigenvalue weighted by Crippen LogP contribution is -2.43. The molecule has 1 unspecified atom stereocenters. The zero-order valence-corrected chi connectivity index (χ0v) is 16.7. The average molecular weight is 418 g/mol. The number of ether oxygens (including phenoxy) is 1. The van der Waals surface area contributed by atoms with Crippen LogP contribution in [0.3, 0.4) is 0 Å². The molecule has 3 rings (SSSR count). The summed E-state index contributed by atoms with van der Waals surface area (Å²) >= 11 is 0. The van der Waals surface area contributed by atoms with Gasteiger partial charge >= 0.3 is 0 Å². The first-order valence-electron chi connectivity index (χ1n) is 9.30. The number of sulfonamides is 1. The number of halogens is 1. The number of piperidine rings is 1. The predicted octanol–water partition coefficient (Wildman–Crippen LogP) is 3.43. The van der Waals surface area contributed by atoms with Crippen molar-refractivity contribution in [3.05, 3.63) is 67.0 Å². The fourth-order valence-corrected chi connectivity index (χ4v) is 4.69. The third kappa shape index (κ3) is 5.21. The van der Waals surface area contributed by atoms with Crippen molar-refractivity contribution in [2.45, 2.75) is 17.7 Å². The van der Waals surface area contributed by atoms with E-state index in [1.54, 1.807) is 30.3 Å². The SMILES string of the molecule is C=CCOc1ccc(NC(=O)C2CCCN(S(=O)(=O)c3ccc(F)cc3)C2)cc1. The Kier molecular flexibility index (Phi) is 6.66. The van der Waals surface area contributed by atoms with Crippen LogP contribution in [0.1, 0.15) is 12.8 Å². The number of hydrogen-bond donors (Lipinski definition) is 1. The average Bonchev–Trinajstić information content (AvgIpc) is 2.73. The minimum atomic E-state index is -3.77. The molecule has 0 bridgehead atoms. The summed E-state index contributed by atoms with van der Waals surface area (Å²) in [6, 6.07) is 11.6. The number of rotatable bonds is 7. The monoisotopic (exact) mass is 418 g/mol. The van der Waals surface area contributed by atoms with Crippen molar-refractivity contribution < 1.29 is 22.3 Å². The highest BCUT2D eigenvalue weighted by Crippen LogP contribution is 2.25. The molecule has 1 aliphatic rings. The molecule has 154 valence electrons. The standard InChI is InChI=1S/C21H23FN2O4S/c1-2-14-28-19-9-7-18(8-10-19)23-21(25)16-4-3-13-24(15-16)29(26,27)20-11-5-17(22)6-12-20/h2,5-12,16H,1,3-4,13-15H2,(H,23,25). The van der Waals surface area contributed by atoms with E-state index in [0.29, 0.717) is 37.4 Å². The Morgan fingerprint density at radius 3 is 2.55 bits per heavy atom. The van der Waals surface area contributed by atoms with Gasteiger partial charge in [0.15, 0.2) is 0 Å². The Bertz CT molecular complexity index is 959. The molecule has 0 spiro atoms. The molecule has 2 aromatic carbocycles. The van der Waals surface area contributed by atoms with E-state index >= 15 is 0 Å². The Hall–Kier alpha value is -2.71. The van der Waals surface area contributed by atoms with Crippen LogP contribution in [0.25, 0.3) is 0 Å². The molecule has 0 aromatic heterocycles. The molecule has 0 radical (unpaired) electrons. The van der Waals surface area contributed by atoms with Gasteiger partial charge in [0.25, 0.3) is 0 Å². The number of nitrogens with one attached hydrogen (secondary N) is 1. The minimum Gasteiger partial charge on any atom is -0.490 e. The van der Waals surface area contributed by atoms with E-state index in [1.807, 2.05) is 0 Å². The van der Waals surface area contributed by atoms with E-state index < -0.39 is 21.8 Å². The highest BCUT2D eigenvalue weighted by atomic mass is 32.2. The Balaban J connectivity index is 1.64. The number of nitrogens with zero attached hydrogens (tertiary/aromatic N) is 1. The summed E-state index contributed by atoms with van der Waals surface area (Å²) < 4.78 is 45.4. The molecule has 1 heterocycles. The molecule has 0 saturated carbocycles. The number of benzene rings is 2. The molecule has 0 aliphatic carbocycles. The summed E-state index contributed by atoms with van der Waals surface area (Å²) in [6.07, 6.45) is 2.82. The largest absolute Gasteiger partial charge is 0.490 e. The van der Waals surface area contributed by atoms with Gasteiger partial charge in [-0.25, -0.2) is 12.8 Å². The molecule has 1 atom stereocenters. The van der Waals surface area contributed by atoms with Crippen LogP contribution in [0.5, 0.6) is 5.75 Å². The van der Waals surface area contributed by atoms with E-state index in [0.717, 1.165) is 12.1 Å². The van der Waals surface area contributed by atoms with Crippen molar-refractivity contribution in [1.29, 1.82) is 0 Å². The number of amides is 1. The highest BCUT2D eigenvalue weighted by molar-refractivity contribution is 7.89. The maximum absolute atomic E-state index is 13.1. The topological polar surface area (TPSA) is 75.7 Å². The predicted molar refractivity (Wildman–Crippen MR) is 109 cm³/mol. The molecule has 1 aliphatic heterocycles. The summed E-state index contributed by atoms with van der Waals surface area (Å²) in [6.45, 7) is 4.40. The van der Waals surface area contributed by atoms with Crippen LogP contribution in [0.2, 0.25) is 0 Å². The molecular formula is C21H23FN2O4S. The van der Waals surface area contributed by atoms with Crippen LogP contribution in [0.15, 0.2) is 66.1 Å². The van der Waals surface area contributed by atoms with Gasteiger partial charge in [-0.3, -0.25) is 4.79 Å². The molecule has 29 heavy (non-hydrogen) atoms. The molecule has 6 nitrogen and oxygen atoms in total. The summed E-state index contributed by atoms with van der Waals surface area (Å²) in [7, 11) is -3.77. The Morgan fingerprint density at radius 1 is 1.21 bits per heavy atom. The third-order valence-corrected chi connectivity index (χ3v) is 6.58. The Morgan fingerprint density at radius 2 is 1.90 bits per heavy atom. The third-order valence-electron chi connectivity index (χ3n) is 4.70. The number of hydrogen-bond acceptors (Lipinski definition) is 4. The van der Waals surface area contributed by atoms with Gasteiger partial charge in [0.2, 0.25) is 15.9 Å². The molecule has 8 heteroatoms. The van der Waals surface area contributed by atoms with Crippen molar-refractivity contribution in [3.63, 3.8) is 0 Å². The van der Waals surface area contributed by atoms with E-state index in [9.17, 15) is 17.6 Å². The van der Waals surface area contributed by atoms with Crippen molar-refractivity contribution in [3.8, 4) is 5.75 Å². The quantitative estimate of drug-likeness (QED) is 0.699. The summed E-state index contributed by atoms with van der Waals surface area (Å²) in [5.74, 6) is -0.530. The van der Waals surface area contributed by atoms with E-state index in [2.05, 4.69) is 11.9 Å². The van der Waals surface area contributed by atoms with Crippen LogP contribution in [0.4, 0.5) is 10.1 Å². The molecule has 1 fully saturated rings. The van der Waals surface area contributed by atoms with Gasteiger partial charge in [0, 0.05) is 18.8 Å². The molecular weight excluding hydrogens is 395 g/mol. The molecule has 1 saturated heterocycles. The smallest absolute Gasteiger partial charge is 0.243 e. The first kappa shape index (κ1) is 21.0. The van der Waals surface area contributed by atoms with Crippen molar-refractivity contribution >= 4 is 21.6 Å². The normalized spacial score (nSPS) is 17.5. The lowest BCUT2D eigenvalue weighted by molar-refractivity contribution is -0.120. The van der Waals surface area contributed by atoms with Crippen LogP contribution >= 0.6 is 0 Å². The lowest BCUT2D eigenvalue weighted by atomic mass is 9.99. The fourth-order valence-electron chi connectivity index (χ4n) is 3.16. The van der Waals surface area contributed by atoms with Gasteiger partial charge in [-0.2, -0.15) is 4.31 Å². The van der Waals surface area contributed by atoms with Gasteiger partial charge in [-0.05, 0) is 61.4 Å². The first-order chi connectivity index (χ1) is 13.9. The fraction of sp³-hybridized carbons (Fsp3) is 0.286. The van der Waals surface area contributed by atoms with Crippen LogP contribution < -0.4 is 10.1 Å². The van der Waals surface area contributed by atoms with Gasteiger partial charge in [0.1, 0.15) is 18.2 Å². The van der Waals surface area contributed by atoms with E-state index in [-0.39, 0.29) is 17.3 Å². The van der Waals surface area contributed by atoms with Crippen LogP contribution in [-0.4, -0.2) is 38.3 Å². The van der Waals surface area contributed by atoms with Crippen molar-refractivity contribution in [2.24, 2.45) is 5.92 Å². The lowest BCUT2D eigenvalue weighted by Gasteiger charge is -2.31. The van der Waals surface area contributed by atoms with E-state index in [4.69, 9.17) is 4.74 Å². The van der Waals surface area contributed by atoms with Gasteiger partial charge in [0.05, 0.1) is 10.8 Å². The van der Waals surface area contributed by atoms with Crippen LogP contribution in [-0.2, 0) is 14.8 Å². The maximum Gasteiger partial charge on any atom is 0.243 e. The van der Waals surface area contributed by atoms with Crippen molar-refractivity contribution in [1.82, 2.24) is 4.31 Å². The molecule has 2 aromatic rings.